The van der Waals surface area contributed by atoms with Gasteiger partial charge in [0.2, 0.25) is 0 Å². The molecule has 12 heteroatoms. The zero-order valence-electron chi connectivity index (χ0n) is 33.4. The van der Waals surface area contributed by atoms with Crippen molar-refractivity contribution in [3.63, 3.8) is 0 Å². The van der Waals surface area contributed by atoms with E-state index in [2.05, 4.69) is 21.3 Å². The molecule has 2 aromatic carbocycles. The smallest absolute Gasteiger partial charge is 0.251 e. The summed E-state index contributed by atoms with van der Waals surface area (Å²) in [4.78, 5) is 51.6. The summed E-state index contributed by atoms with van der Waals surface area (Å²) in [6.07, 6.45) is 3.61. The van der Waals surface area contributed by atoms with E-state index >= 15 is 0 Å². The van der Waals surface area contributed by atoms with Gasteiger partial charge in [0.05, 0.1) is 13.2 Å². The minimum absolute atomic E-state index is 0.257. The van der Waals surface area contributed by atoms with Crippen molar-refractivity contribution in [3.8, 4) is 11.5 Å². The molecule has 0 fully saturated rings. The molecule has 0 bridgehead atoms. The van der Waals surface area contributed by atoms with Crippen LogP contribution in [0.3, 0.4) is 0 Å². The average molecular weight is 759 g/mol. The second-order valence-corrected chi connectivity index (χ2v) is 19.8. The molecule has 0 heterocycles. The van der Waals surface area contributed by atoms with Crippen LogP contribution in [-0.4, -0.2) is 70.5 Å². The predicted molar refractivity (Wildman–Crippen MR) is 216 cm³/mol. The predicted octanol–water partition coefficient (Wildman–Crippen LogP) is 8.20. The van der Waals surface area contributed by atoms with E-state index in [1.807, 2.05) is 105 Å². The molecule has 0 unspecified atom stereocenters. The van der Waals surface area contributed by atoms with Gasteiger partial charge in [-0.2, -0.15) is 0 Å². The summed E-state index contributed by atoms with van der Waals surface area (Å²) in [5.74, 6) is 1.91. The zero-order chi connectivity index (χ0) is 39.3. The number of unbranched alkanes of at least 4 members (excludes halogenated alkanes) is 2. The molecule has 0 aliphatic heterocycles. The molecule has 0 radical (unpaired) electrons. The van der Waals surface area contributed by atoms with E-state index in [9.17, 15) is 19.2 Å². The van der Waals surface area contributed by atoms with Gasteiger partial charge in [0.15, 0.2) is 0 Å². The first-order chi connectivity index (χ1) is 23.9. The topological polar surface area (TPSA) is 135 Å². The third kappa shape index (κ3) is 18.9. The summed E-state index contributed by atoms with van der Waals surface area (Å²) < 4.78 is 12.0. The highest BCUT2D eigenvalue weighted by molar-refractivity contribution is 8.76. The van der Waals surface area contributed by atoms with E-state index in [1.165, 1.54) is 0 Å². The maximum absolute atomic E-state index is 12.9. The van der Waals surface area contributed by atoms with E-state index in [1.54, 1.807) is 36.4 Å². The molecule has 2 rings (SSSR count). The highest BCUT2D eigenvalue weighted by atomic mass is 33.1. The Morgan fingerprint density at radius 2 is 0.692 bits per heavy atom. The Hall–Kier alpha value is -3.38. The fourth-order valence-electron chi connectivity index (χ4n) is 4.56. The van der Waals surface area contributed by atoms with Gasteiger partial charge >= 0.3 is 0 Å². The molecule has 0 saturated heterocycles. The van der Waals surface area contributed by atoms with Crippen LogP contribution < -0.4 is 30.7 Å². The van der Waals surface area contributed by atoms with Crippen LogP contribution in [0.15, 0.2) is 36.4 Å². The van der Waals surface area contributed by atoms with E-state index in [-0.39, 0.29) is 23.6 Å². The first kappa shape index (κ1) is 44.8. The molecule has 2 aromatic rings. The number of carbonyl (C=O) groups is 4. The second kappa shape index (κ2) is 19.6. The molecule has 0 aliphatic carbocycles. The number of rotatable bonds is 17. The molecule has 0 atom stereocenters. The quantitative estimate of drug-likeness (QED) is 0.0938. The molecule has 0 aliphatic rings. The summed E-state index contributed by atoms with van der Waals surface area (Å²) >= 11 is 0. The van der Waals surface area contributed by atoms with Crippen LogP contribution >= 0.6 is 21.6 Å². The lowest BCUT2D eigenvalue weighted by Gasteiger charge is -2.22. The number of benzene rings is 2. The van der Waals surface area contributed by atoms with Crippen LogP contribution in [0, 0.1) is 0 Å². The van der Waals surface area contributed by atoms with Crippen molar-refractivity contribution in [2.45, 2.75) is 131 Å². The van der Waals surface area contributed by atoms with Gasteiger partial charge in [0.1, 0.15) is 11.5 Å². The molecule has 0 spiro atoms. The van der Waals surface area contributed by atoms with E-state index in [4.69, 9.17) is 9.47 Å². The third-order valence-electron chi connectivity index (χ3n) is 6.68. The summed E-state index contributed by atoms with van der Waals surface area (Å²) in [6.45, 7) is 23.9. The first-order valence-corrected chi connectivity index (χ1v) is 20.5. The molecule has 0 saturated carbocycles. The molecular formula is C40H62N4O6S2. The number of ether oxygens (including phenoxy) is 2. The molecule has 290 valence electrons. The SMILES string of the molecule is CC(C)(C)NC(=O)c1cc(OCCCCSSCCCCOc2cc(C(=O)NC(C)(C)C)cc(C(=O)NC(C)(C)C)c2)cc(C(=O)NC(C)(C)C)c1. The fourth-order valence-corrected chi connectivity index (χ4v) is 6.86. The minimum atomic E-state index is -0.415. The van der Waals surface area contributed by atoms with Crippen molar-refractivity contribution in [1.29, 1.82) is 0 Å². The van der Waals surface area contributed by atoms with Crippen molar-refractivity contribution in [3.05, 3.63) is 58.7 Å². The van der Waals surface area contributed by atoms with Gasteiger partial charge in [-0.3, -0.25) is 19.2 Å². The molecule has 52 heavy (non-hydrogen) atoms. The number of carbonyl (C=O) groups excluding carboxylic acids is 4. The maximum atomic E-state index is 12.9. The monoisotopic (exact) mass is 758 g/mol. The van der Waals surface area contributed by atoms with Crippen LogP contribution in [0.25, 0.3) is 0 Å². The van der Waals surface area contributed by atoms with E-state index in [0.717, 1.165) is 37.2 Å². The van der Waals surface area contributed by atoms with Crippen LogP contribution in [0.4, 0.5) is 0 Å². The Kier molecular flexibility index (Phi) is 16.9. The number of hydrogen-bond acceptors (Lipinski definition) is 8. The van der Waals surface area contributed by atoms with Crippen LogP contribution in [-0.2, 0) is 0 Å². The number of nitrogens with one attached hydrogen (secondary N) is 4. The summed E-state index contributed by atoms with van der Waals surface area (Å²) in [6, 6.07) is 9.95. The van der Waals surface area contributed by atoms with Gasteiger partial charge < -0.3 is 30.7 Å². The summed E-state index contributed by atoms with van der Waals surface area (Å²) in [5, 5.41) is 11.8. The van der Waals surface area contributed by atoms with Gasteiger partial charge in [-0.05, 0) is 145 Å². The van der Waals surface area contributed by atoms with E-state index in [0.29, 0.717) is 47.0 Å². The van der Waals surface area contributed by atoms with E-state index < -0.39 is 22.2 Å². The fraction of sp³-hybridized carbons (Fsp3) is 0.600. The van der Waals surface area contributed by atoms with Crippen LogP contribution in [0.1, 0.15) is 150 Å². The van der Waals surface area contributed by atoms with Crippen LogP contribution in [0.2, 0.25) is 0 Å². The van der Waals surface area contributed by atoms with Gasteiger partial charge in [0, 0.05) is 55.9 Å². The lowest BCUT2D eigenvalue weighted by Crippen LogP contribution is -2.41. The molecular weight excluding hydrogens is 697 g/mol. The van der Waals surface area contributed by atoms with Crippen molar-refractivity contribution >= 4 is 45.2 Å². The Balaban J connectivity index is 1.79. The van der Waals surface area contributed by atoms with Crippen molar-refractivity contribution in [2.24, 2.45) is 0 Å². The molecule has 10 nitrogen and oxygen atoms in total. The Bertz CT molecular complexity index is 1310. The summed E-state index contributed by atoms with van der Waals surface area (Å²) in [5.41, 5.74) is -0.128. The summed E-state index contributed by atoms with van der Waals surface area (Å²) in [7, 11) is 3.64. The van der Waals surface area contributed by atoms with Gasteiger partial charge in [0.25, 0.3) is 23.6 Å². The Morgan fingerprint density at radius 1 is 0.442 bits per heavy atom. The normalized spacial score (nSPS) is 12.2. The Labute approximate surface area is 319 Å². The van der Waals surface area contributed by atoms with Crippen molar-refractivity contribution in [1.82, 2.24) is 21.3 Å². The maximum Gasteiger partial charge on any atom is 0.251 e. The lowest BCUT2D eigenvalue weighted by molar-refractivity contribution is 0.0901. The molecule has 0 aromatic heterocycles. The van der Waals surface area contributed by atoms with Gasteiger partial charge in [-0.1, -0.05) is 21.6 Å². The third-order valence-corrected chi connectivity index (χ3v) is 9.26. The second-order valence-electron chi connectivity index (χ2n) is 17.1. The standard InChI is InChI=1S/C40H62N4O6S2/c1-37(2,3)41-33(45)27-21-28(34(46)42-38(4,5)6)24-31(23-27)49-17-13-15-19-51-52-20-16-14-18-50-32-25-29(35(47)43-39(7,8)9)22-30(26-32)36(48)44-40(10,11)12/h21-26H,13-20H2,1-12H3,(H,41,45)(H,42,46)(H,43,47)(H,44,48). The number of hydrogen-bond donors (Lipinski definition) is 4. The average Bonchev–Trinajstić information content (AvgIpc) is 2.98. The largest absolute Gasteiger partial charge is 0.494 e. The number of amides is 4. The van der Waals surface area contributed by atoms with Crippen LogP contribution in [0.5, 0.6) is 11.5 Å². The van der Waals surface area contributed by atoms with Crippen molar-refractivity contribution in [2.75, 3.05) is 24.7 Å². The first-order valence-electron chi connectivity index (χ1n) is 18.0. The highest BCUT2D eigenvalue weighted by Gasteiger charge is 2.22. The zero-order valence-corrected chi connectivity index (χ0v) is 35.0. The van der Waals surface area contributed by atoms with Gasteiger partial charge in [-0.25, -0.2) is 0 Å². The Morgan fingerprint density at radius 3 is 0.923 bits per heavy atom. The lowest BCUT2D eigenvalue weighted by atomic mass is 10.0. The molecule has 4 N–H and O–H groups in total. The minimum Gasteiger partial charge on any atom is -0.494 e. The molecule has 4 amide bonds. The van der Waals surface area contributed by atoms with Crippen molar-refractivity contribution < 1.29 is 28.7 Å². The highest BCUT2D eigenvalue weighted by Crippen LogP contribution is 2.25. The van der Waals surface area contributed by atoms with Gasteiger partial charge in [-0.15, -0.1) is 0 Å².